The summed E-state index contributed by atoms with van der Waals surface area (Å²) in [5.41, 5.74) is 1.88. The number of para-hydroxylation sites is 1. The van der Waals surface area contributed by atoms with Gasteiger partial charge in [0, 0.05) is 38.8 Å². The van der Waals surface area contributed by atoms with Crippen molar-refractivity contribution in [1.29, 1.82) is 0 Å². The first-order chi connectivity index (χ1) is 17.0. The third kappa shape index (κ3) is 6.34. The molecule has 1 fully saturated rings. The Balaban J connectivity index is 1.49. The van der Waals surface area contributed by atoms with E-state index in [0.717, 1.165) is 43.2 Å². The molecular formula is C26H38N4O6. The summed E-state index contributed by atoms with van der Waals surface area (Å²) in [6.07, 6.45) is 3.70. The average Bonchev–Trinajstić information content (AvgIpc) is 3.05. The minimum absolute atomic E-state index is 0.216. The number of fused-ring (bicyclic) bond motifs is 1. The summed E-state index contributed by atoms with van der Waals surface area (Å²) in [4.78, 5) is 49.8. The molecule has 1 aliphatic rings. The second-order valence-corrected chi connectivity index (χ2v) is 10.3. The summed E-state index contributed by atoms with van der Waals surface area (Å²) < 4.78 is 8.83. The Bertz CT molecular complexity index is 1160. The molecule has 1 unspecified atom stereocenters. The van der Waals surface area contributed by atoms with E-state index in [2.05, 4.69) is 5.32 Å². The third-order valence-electron chi connectivity index (χ3n) is 6.65. The van der Waals surface area contributed by atoms with Crippen LogP contribution in [0, 0.1) is 0 Å². The fourth-order valence-corrected chi connectivity index (χ4v) is 4.76. The Morgan fingerprint density at radius 2 is 1.83 bits per heavy atom. The molecule has 0 bridgehead atoms. The number of imidazole rings is 1. The highest BCUT2D eigenvalue weighted by molar-refractivity contribution is 6.00. The third-order valence-corrected chi connectivity index (χ3v) is 6.65. The second-order valence-electron chi connectivity index (χ2n) is 10.3. The van der Waals surface area contributed by atoms with Crippen molar-refractivity contribution in [1.82, 2.24) is 19.4 Å². The summed E-state index contributed by atoms with van der Waals surface area (Å²) in [7, 11) is 1.71. The molecule has 10 heteroatoms. The molecule has 2 N–H and O–H groups in total. The fourth-order valence-electron chi connectivity index (χ4n) is 4.76. The number of carbonyl (C=O) groups excluding carboxylic acids is 2. The molecule has 3 amide bonds. The SMILES string of the molecule is Cn1c(=O)n(C2CCC(=O)NC2=O)c2cccc(CCCCOCCCCN(C(=O)O)C(C)(C)C)c21. The number of piperidine rings is 1. The van der Waals surface area contributed by atoms with E-state index in [-0.39, 0.29) is 18.0 Å². The van der Waals surface area contributed by atoms with Gasteiger partial charge in [-0.05, 0) is 70.9 Å². The number of amides is 3. The Kier molecular flexibility index (Phi) is 8.94. The molecule has 1 aromatic heterocycles. The Hall–Kier alpha value is -3.14. The quantitative estimate of drug-likeness (QED) is 0.359. The van der Waals surface area contributed by atoms with Gasteiger partial charge in [0.1, 0.15) is 6.04 Å². The Morgan fingerprint density at radius 1 is 1.14 bits per heavy atom. The van der Waals surface area contributed by atoms with E-state index >= 15 is 0 Å². The van der Waals surface area contributed by atoms with Gasteiger partial charge < -0.3 is 14.7 Å². The minimum atomic E-state index is -0.900. The molecule has 36 heavy (non-hydrogen) atoms. The second kappa shape index (κ2) is 11.7. The van der Waals surface area contributed by atoms with E-state index in [9.17, 15) is 24.3 Å². The largest absolute Gasteiger partial charge is 0.465 e. The molecule has 0 aliphatic carbocycles. The number of benzene rings is 1. The Labute approximate surface area is 211 Å². The molecule has 198 valence electrons. The first-order valence-corrected chi connectivity index (χ1v) is 12.6. The summed E-state index contributed by atoms with van der Waals surface area (Å²) >= 11 is 0. The number of hydrogen-bond donors (Lipinski definition) is 2. The van der Waals surface area contributed by atoms with Gasteiger partial charge in [-0.2, -0.15) is 0 Å². The van der Waals surface area contributed by atoms with E-state index in [1.807, 2.05) is 39.0 Å². The maximum Gasteiger partial charge on any atom is 0.407 e. The van der Waals surface area contributed by atoms with Crippen molar-refractivity contribution in [2.45, 2.75) is 77.3 Å². The van der Waals surface area contributed by atoms with Gasteiger partial charge in [0.25, 0.3) is 0 Å². The number of carbonyl (C=O) groups is 3. The number of unbranched alkanes of at least 4 members (excludes halogenated alkanes) is 2. The van der Waals surface area contributed by atoms with Crippen LogP contribution in [0.5, 0.6) is 0 Å². The van der Waals surface area contributed by atoms with E-state index in [4.69, 9.17) is 4.74 Å². The van der Waals surface area contributed by atoms with Crippen LogP contribution in [-0.4, -0.2) is 62.3 Å². The number of hydrogen-bond acceptors (Lipinski definition) is 5. The van der Waals surface area contributed by atoms with Crippen LogP contribution in [0.3, 0.4) is 0 Å². The van der Waals surface area contributed by atoms with E-state index in [1.165, 1.54) is 9.47 Å². The Morgan fingerprint density at radius 3 is 2.47 bits per heavy atom. The fraction of sp³-hybridized carbons (Fsp3) is 0.615. The highest BCUT2D eigenvalue weighted by atomic mass is 16.5. The van der Waals surface area contributed by atoms with Crippen LogP contribution in [0.25, 0.3) is 11.0 Å². The van der Waals surface area contributed by atoms with Gasteiger partial charge in [-0.15, -0.1) is 0 Å². The smallest absolute Gasteiger partial charge is 0.407 e. The van der Waals surface area contributed by atoms with Gasteiger partial charge in [0.2, 0.25) is 11.8 Å². The molecule has 2 heterocycles. The molecule has 3 rings (SSSR count). The van der Waals surface area contributed by atoms with E-state index in [1.54, 1.807) is 11.6 Å². The van der Waals surface area contributed by atoms with Crippen LogP contribution < -0.4 is 11.0 Å². The van der Waals surface area contributed by atoms with Crippen LogP contribution in [0.15, 0.2) is 23.0 Å². The normalized spacial score (nSPS) is 16.4. The predicted octanol–water partition coefficient (Wildman–Crippen LogP) is 3.22. The first kappa shape index (κ1) is 27.4. The molecule has 0 saturated carbocycles. The highest BCUT2D eigenvalue weighted by Crippen LogP contribution is 2.25. The van der Waals surface area contributed by atoms with Gasteiger partial charge in [-0.25, -0.2) is 9.59 Å². The molecule has 1 aliphatic heterocycles. The van der Waals surface area contributed by atoms with Crippen molar-refractivity contribution < 1.29 is 24.2 Å². The molecular weight excluding hydrogens is 464 g/mol. The van der Waals surface area contributed by atoms with Crippen molar-refractivity contribution in [3.05, 3.63) is 34.2 Å². The number of nitrogens with zero attached hydrogens (tertiary/aromatic N) is 3. The van der Waals surface area contributed by atoms with Crippen molar-refractivity contribution in [2.24, 2.45) is 7.05 Å². The van der Waals surface area contributed by atoms with Gasteiger partial charge in [-0.1, -0.05) is 12.1 Å². The molecule has 0 spiro atoms. The monoisotopic (exact) mass is 502 g/mol. The highest BCUT2D eigenvalue weighted by Gasteiger charge is 2.31. The van der Waals surface area contributed by atoms with Crippen LogP contribution in [0.2, 0.25) is 0 Å². The zero-order chi connectivity index (χ0) is 26.5. The predicted molar refractivity (Wildman–Crippen MR) is 136 cm³/mol. The summed E-state index contributed by atoms with van der Waals surface area (Å²) in [6, 6.07) is 5.06. The summed E-state index contributed by atoms with van der Waals surface area (Å²) in [5.74, 6) is -0.739. The topological polar surface area (TPSA) is 123 Å². The maximum absolute atomic E-state index is 13.0. The lowest BCUT2D eigenvalue weighted by Crippen LogP contribution is -2.45. The number of imide groups is 1. The van der Waals surface area contributed by atoms with Crippen molar-refractivity contribution in [3.63, 3.8) is 0 Å². The zero-order valence-electron chi connectivity index (χ0n) is 21.7. The maximum atomic E-state index is 13.0. The van der Waals surface area contributed by atoms with Crippen LogP contribution in [0.4, 0.5) is 4.79 Å². The van der Waals surface area contributed by atoms with Gasteiger partial charge >= 0.3 is 11.8 Å². The lowest BCUT2D eigenvalue weighted by molar-refractivity contribution is -0.135. The molecule has 2 aromatic rings. The average molecular weight is 503 g/mol. The van der Waals surface area contributed by atoms with E-state index in [0.29, 0.717) is 31.7 Å². The number of carboxylic acid groups (broad SMARTS) is 1. The molecule has 1 aromatic carbocycles. The molecule has 10 nitrogen and oxygen atoms in total. The minimum Gasteiger partial charge on any atom is -0.465 e. The zero-order valence-corrected chi connectivity index (χ0v) is 21.7. The summed E-state index contributed by atoms with van der Waals surface area (Å²) in [6.45, 7) is 7.37. The lowest BCUT2D eigenvalue weighted by Gasteiger charge is -2.33. The van der Waals surface area contributed by atoms with Gasteiger partial charge in [0.15, 0.2) is 0 Å². The van der Waals surface area contributed by atoms with Crippen LogP contribution in [0.1, 0.15) is 70.9 Å². The van der Waals surface area contributed by atoms with E-state index < -0.39 is 23.6 Å². The summed E-state index contributed by atoms with van der Waals surface area (Å²) in [5, 5.41) is 11.7. The first-order valence-electron chi connectivity index (χ1n) is 12.6. The van der Waals surface area contributed by atoms with Crippen LogP contribution in [-0.2, 0) is 27.8 Å². The van der Waals surface area contributed by atoms with Gasteiger partial charge in [-0.3, -0.25) is 24.0 Å². The number of nitrogens with one attached hydrogen (secondary N) is 1. The van der Waals surface area contributed by atoms with Crippen molar-refractivity contribution >= 4 is 28.9 Å². The van der Waals surface area contributed by atoms with Crippen LogP contribution >= 0.6 is 0 Å². The number of aromatic nitrogens is 2. The lowest BCUT2D eigenvalue weighted by atomic mass is 10.0. The van der Waals surface area contributed by atoms with Gasteiger partial charge in [0.05, 0.1) is 11.0 Å². The molecule has 1 saturated heterocycles. The number of aryl methyl sites for hydroxylation is 2. The standard InChI is InChI=1S/C26H38N4O6/c1-26(2,3)29(25(34)35)15-6-8-17-36-16-7-5-10-18-11-9-12-19-22(18)28(4)24(33)30(19)20-13-14-21(31)27-23(20)32/h9,11-12,20H,5-8,10,13-17H2,1-4H3,(H,34,35)(H,27,31,32). The molecule has 0 radical (unpaired) electrons. The number of rotatable bonds is 11. The number of ether oxygens (including phenoxy) is 1. The van der Waals surface area contributed by atoms with Crippen molar-refractivity contribution in [2.75, 3.05) is 19.8 Å². The van der Waals surface area contributed by atoms with Crippen molar-refractivity contribution in [3.8, 4) is 0 Å². The molecule has 1 atom stereocenters.